The molecule has 94 valence electrons. The molecule has 1 unspecified atom stereocenters. The molecule has 1 aromatic rings. The van der Waals surface area contributed by atoms with E-state index < -0.39 is 22.6 Å². The first-order valence-electron chi connectivity index (χ1n) is 4.99. The number of halogens is 2. The van der Waals surface area contributed by atoms with Gasteiger partial charge in [0, 0.05) is 33.6 Å². The maximum atomic E-state index is 13.3. The molecule has 0 saturated carbocycles. The molecule has 0 saturated heterocycles. The van der Waals surface area contributed by atoms with Crippen molar-refractivity contribution in [1.29, 1.82) is 0 Å². The molecule has 17 heavy (non-hydrogen) atoms. The minimum Gasteiger partial charge on any atom is -0.481 e. The van der Waals surface area contributed by atoms with E-state index in [0.717, 1.165) is 0 Å². The fourth-order valence-corrected chi connectivity index (χ4v) is 2.62. The zero-order valence-corrected chi connectivity index (χ0v) is 10.6. The van der Waals surface area contributed by atoms with E-state index in [9.17, 15) is 13.4 Å². The van der Waals surface area contributed by atoms with Gasteiger partial charge in [0.25, 0.3) is 0 Å². The van der Waals surface area contributed by atoms with Gasteiger partial charge in [-0.2, -0.15) is 0 Å². The summed E-state index contributed by atoms with van der Waals surface area (Å²) in [6.07, 6.45) is 0.312. The summed E-state index contributed by atoms with van der Waals surface area (Å²) in [4.78, 5) is 10.3. The van der Waals surface area contributed by atoms with Crippen molar-refractivity contribution in [2.75, 3.05) is 5.75 Å². The molecular formula is C11H12ClFO3S. The Morgan fingerprint density at radius 2 is 2.18 bits per heavy atom. The van der Waals surface area contributed by atoms with Crippen molar-refractivity contribution in [3.05, 3.63) is 34.6 Å². The van der Waals surface area contributed by atoms with Crippen LogP contribution in [0.15, 0.2) is 18.2 Å². The van der Waals surface area contributed by atoms with Crippen LogP contribution in [0.5, 0.6) is 0 Å². The van der Waals surface area contributed by atoms with Crippen molar-refractivity contribution < 1.29 is 18.5 Å². The predicted octanol–water partition coefficient (Wildman–Crippen LogP) is 2.59. The van der Waals surface area contributed by atoms with E-state index >= 15 is 0 Å². The number of benzene rings is 1. The van der Waals surface area contributed by atoms with E-state index in [0.29, 0.717) is 17.0 Å². The Kier molecular flexibility index (Phi) is 5.58. The van der Waals surface area contributed by atoms with E-state index in [1.165, 1.54) is 18.2 Å². The van der Waals surface area contributed by atoms with Crippen molar-refractivity contribution in [2.45, 2.75) is 18.6 Å². The number of carbonyl (C=O) groups is 1. The fraction of sp³-hybridized carbons (Fsp3) is 0.364. The number of hydrogen-bond acceptors (Lipinski definition) is 2. The Labute approximate surface area is 106 Å². The Bertz CT molecular complexity index is 437. The molecule has 1 atom stereocenters. The lowest BCUT2D eigenvalue weighted by molar-refractivity contribution is -0.137. The third-order valence-corrected chi connectivity index (χ3v) is 3.71. The zero-order valence-electron chi connectivity index (χ0n) is 8.99. The van der Waals surface area contributed by atoms with Crippen LogP contribution in [-0.4, -0.2) is 21.0 Å². The van der Waals surface area contributed by atoms with E-state index in [2.05, 4.69) is 0 Å². The van der Waals surface area contributed by atoms with Gasteiger partial charge in [-0.15, -0.1) is 0 Å². The number of carboxylic acids is 1. The average Bonchev–Trinajstić information content (AvgIpc) is 2.21. The lowest BCUT2D eigenvalue weighted by atomic mass is 10.2. The molecule has 1 rings (SSSR count). The second-order valence-corrected chi connectivity index (χ2v) is 5.53. The molecule has 0 heterocycles. The highest BCUT2D eigenvalue weighted by molar-refractivity contribution is 7.84. The van der Waals surface area contributed by atoms with Crippen LogP contribution in [-0.2, 0) is 21.3 Å². The van der Waals surface area contributed by atoms with Gasteiger partial charge in [0.05, 0.1) is 5.75 Å². The molecule has 1 N–H and O–H groups in total. The van der Waals surface area contributed by atoms with Gasteiger partial charge < -0.3 is 5.11 Å². The highest BCUT2D eigenvalue weighted by Gasteiger charge is 2.08. The first-order valence-corrected chi connectivity index (χ1v) is 6.86. The van der Waals surface area contributed by atoms with E-state index in [1.54, 1.807) is 0 Å². The van der Waals surface area contributed by atoms with E-state index in [4.69, 9.17) is 16.7 Å². The van der Waals surface area contributed by atoms with Crippen molar-refractivity contribution in [3.63, 3.8) is 0 Å². The zero-order chi connectivity index (χ0) is 12.8. The van der Waals surface area contributed by atoms with Crippen LogP contribution < -0.4 is 0 Å². The average molecular weight is 279 g/mol. The topological polar surface area (TPSA) is 54.4 Å². The van der Waals surface area contributed by atoms with Gasteiger partial charge in [-0.1, -0.05) is 17.7 Å². The Morgan fingerprint density at radius 3 is 2.76 bits per heavy atom. The molecule has 0 bridgehead atoms. The SMILES string of the molecule is O=C(O)CCCS(=O)Cc1ccc(Cl)cc1F. The van der Waals surface area contributed by atoms with E-state index in [1.807, 2.05) is 0 Å². The summed E-state index contributed by atoms with van der Waals surface area (Å²) in [6, 6.07) is 4.20. The van der Waals surface area contributed by atoms with Gasteiger partial charge in [0.1, 0.15) is 5.82 Å². The Hall–Kier alpha value is -0.940. The van der Waals surface area contributed by atoms with Gasteiger partial charge in [0.15, 0.2) is 0 Å². The number of hydrogen-bond donors (Lipinski definition) is 1. The van der Waals surface area contributed by atoms with Gasteiger partial charge >= 0.3 is 5.97 Å². The van der Waals surface area contributed by atoms with Crippen LogP contribution >= 0.6 is 11.6 Å². The second kappa shape index (κ2) is 6.71. The smallest absolute Gasteiger partial charge is 0.303 e. The van der Waals surface area contributed by atoms with Crippen LogP contribution in [0.25, 0.3) is 0 Å². The lowest BCUT2D eigenvalue weighted by Crippen LogP contribution is -2.05. The number of carboxylic acid groups (broad SMARTS) is 1. The molecule has 0 aliphatic carbocycles. The van der Waals surface area contributed by atoms with Crippen LogP contribution in [0, 0.1) is 5.82 Å². The highest BCUT2D eigenvalue weighted by Crippen LogP contribution is 2.16. The summed E-state index contributed by atoms with van der Waals surface area (Å²) in [6.45, 7) is 0. The van der Waals surface area contributed by atoms with Gasteiger partial charge in [0.2, 0.25) is 0 Å². The summed E-state index contributed by atoms with van der Waals surface area (Å²) in [5, 5.41) is 8.71. The molecule has 1 aromatic carbocycles. The number of rotatable bonds is 6. The minimum atomic E-state index is -1.25. The van der Waals surface area contributed by atoms with Crippen LogP contribution in [0.1, 0.15) is 18.4 Å². The largest absolute Gasteiger partial charge is 0.481 e. The van der Waals surface area contributed by atoms with Gasteiger partial charge in [-0.3, -0.25) is 9.00 Å². The summed E-state index contributed by atoms with van der Waals surface area (Å²) in [5.41, 5.74) is 0.336. The molecule has 3 nitrogen and oxygen atoms in total. The summed E-state index contributed by atoms with van der Waals surface area (Å²) in [5.74, 6) is -1.06. The molecule has 0 aliphatic heterocycles. The predicted molar refractivity (Wildman–Crippen MR) is 65.0 cm³/mol. The van der Waals surface area contributed by atoms with Crippen molar-refractivity contribution in [1.82, 2.24) is 0 Å². The molecule has 6 heteroatoms. The monoisotopic (exact) mass is 278 g/mol. The third kappa shape index (κ3) is 5.28. The Morgan fingerprint density at radius 1 is 1.47 bits per heavy atom. The minimum absolute atomic E-state index is 0.0190. The second-order valence-electron chi connectivity index (χ2n) is 3.52. The van der Waals surface area contributed by atoms with Crippen LogP contribution in [0.2, 0.25) is 5.02 Å². The normalized spacial score (nSPS) is 12.4. The summed E-state index contributed by atoms with van der Waals surface area (Å²) in [7, 11) is -1.25. The maximum Gasteiger partial charge on any atom is 0.303 e. The first kappa shape index (κ1) is 14.1. The number of aliphatic carboxylic acids is 1. The van der Waals surface area contributed by atoms with Crippen LogP contribution in [0.4, 0.5) is 4.39 Å². The molecule has 0 fully saturated rings. The maximum absolute atomic E-state index is 13.3. The van der Waals surface area contributed by atoms with Crippen LogP contribution in [0.3, 0.4) is 0 Å². The first-order chi connectivity index (χ1) is 7.99. The fourth-order valence-electron chi connectivity index (χ4n) is 1.27. The molecule has 0 aliphatic rings. The molecule has 0 spiro atoms. The standard InChI is InChI=1S/C11H12ClFO3S/c12-9-4-3-8(10(13)6-9)7-17(16)5-1-2-11(14)15/h3-4,6H,1-2,5,7H2,(H,14,15). The highest BCUT2D eigenvalue weighted by atomic mass is 35.5. The molecular weight excluding hydrogens is 267 g/mol. The quantitative estimate of drug-likeness (QED) is 0.870. The van der Waals surface area contributed by atoms with E-state index in [-0.39, 0.29) is 17.9 Å². The van der Waals surface area contributed by atoms with Crippen molar-refractivity contribution in [2.24, 2.45) is 0 Å². The summed E-state index contributed by atoms with van der Waals surface area (Å²) < 4.78 is 24.9. The van der Waals surface area contributed by atoms with Gasteiger partial charge in [-0.05, 0) is 18.6 Å². The van der Waals surface area contributed by atoms with Crippen molar-refractivity contribution in [3.8, 4) is 0 Å². The molecule has 0 aromatic heterocycles. The third-order valence-electron chi connectivity index (χ3n) is 2.09. The molecule has 0 amide bonds. The van der Waals surface area contributed by atoms with Crippen molar-refractivity contribution >= 4 is 28.4 Å². The molecule has 0 radical (unpaired) electrons. The summed E-state index contributed by atoms with van der Waals surface area (Å²) >= 11 is 5.59. The van der Waals surface area contributed by atoms with Gasteiger partial charge in [-0.25, -0.2) is 4.39 Å². The lowest BCUT2D eigenvalue weighted by Gasteiger charge is -2.03. The Balaban J connectivity index is 2.48.